The maximum atomic E-state index is 10.9. The van der Waals surface area contributed by atoms with Crippen molar-refractivity contribution in [3.63, 3.8) is 0 Å². The number of hydrogen-bond donors (Lipinski definition) is 1. The summed E-state index contributed by atoms with van der Waals surface area (Å²) in [6, 6.07) is 4.35. The van der Waals surface area contributed by atoms with Crippen LogP contribution in [0.5, 0.6) is 11.5 Å². The van der Waals surface area contributed by atoms with Crippen LogP contribution in [-0.4, -0.2) is 36.7 Å². The van der Waals surface area contributed by atoms with Gasteiger partial charge < -0.3 is 19.1 Å². The first-order chi connectivity index (χ1) is 9.62. The molecule has 0 amide bonds. The highest BCUT2D eigenvalue weighted by Gasteiger charge is 2.20. The van der Waals surface area contributed by atoms with Gasteiger partial charge in [0.1, 0.15) is 0 Å². The van der Waals surface area contributed by atoms with Crippen molar-refractivity contribution >= 4 is 12.3 Å². The Hall–Kier alpha value is -2.83. The smallest absolute Gasteiger partial charge is 0.358 e. The van der Waals surface area contributed by atoms with E-state index in [0.29, 0.717) is 17.4 Å². The summed E-state index contributed by atoms with van der Waals surface area (Å²) in [5.74, 6) is -0.482. The minimum absolute atomic E-state index is 0.204. The molecule has 0 saturated carbocycles. The standard InChI is InChI=1S/C13H11NO6/c1-18-11-7(6-15)3-4-8(12(11)19-2)10-5-9(13(16)17)14-20-10/h3-6H,1-2H3,(H,16,17). The van der Waals surface area contributed by atoms with E-state index in [2.05, 4.69) is 5.16 Å². The predicted molar refractivity (Wildman–Crippen MR) is 67.4 cm³/mol. The van der Waals surface area contributed by atoms with Crippen molar-refractivity contribution in [1.82, 2.24) is 5.16 Å². The van der Waals surface area contributed by atoms with Gasteiger partial charge in [0.15, 0.2) is 29.2 Å². The number of carboxylic acid groups (broad SMARTS) is 1. The molecule has 1 aromatic heterocycles. The fourth-order valence-corrected chi connectivity index (χ4v) is 1.78. The van der Waals surface area contributed by atoms with Gasteiger partial charge in [0, 0.05) is 6.07 Å². The summed E-state index contributed by atoms with van der Waals surface area (Å²) in [6.45, 7) is 0. The predicted octanol–water partition coefficient (Wildman–Crippen LogP) is 1.87. The third-order valence-electron chi connectivity index (χ3n) is 2.67. The number of carboxylic acids is 1. The summed E-state index contributed by atoms with van der Waals surface area (Å²) < 4.78 is 15.3. The first-order valence-corrected chi connectivity index (χ1v) is 5.53. The largest absolute Gasteiger partial charge is 0.492 e. The zero-order valence-corrected chi connectivity index (χ0v) is 10.7. The van der Waals surface area contributed by atoms with Crippen LogP contribution in [0.3, 0.4) is 0 Å². The van der Waals surface area contributed by atoms with E-state index in [4.69, 9.17) is 19.1 Å². The van der Waals surface area contributed by atoms with Crippen LogP contribution >= 0.6 is 0 Å². The van der Waals surface area contributed by atoms with Crippen molar-refractivity contribution in [2.24, 2.45) is 0 Å². The van der Waals surface area contributed by atoms with E-state index in [1.165, 1.54) is 26.4 Å². The second-order valence-electron chi connectivity index (χ2n) is 3.77. The van der Waals surface area contributed by atoms with E-state index in [0.717, 1.165) is 0 Å². The molecule has 20 heavy (non-hydrogen) atoms. The highest BCUT2D eigenvalue weighted by Crippen LogP contribution is 2.40. The summed E-state index contributed by atoms with van der Waals surface area (Å²) in [5, 5.41) is 12.3. The van der Waals surface area contributed by atoms with Crippen LogP contribution in [0.15, 0.2) is 22.7 Å². The van der Waals surface area contributed by atoms with Gasteiger partial charge in [-0.3, -0.25) is 4.79 Å². The van der Waals surface area contributed by atoms with E-state index in [-0.39, 0.29) is 23.0 Å². The number of aromatic carboxylic acids is 1. The molecule has 0 aliphatic rings. The number of rotatable bonds is 5. The maximum absolute atomic E-state index is 10.9. The Kier molecular flexibility index (Phi) is 3.69. The highest BCUT2D eigenvalue weighted by atomic mass is 16.5. The SMILES string of the molecule is COc1c(C=O)ccc(-c2cc(C(=O)O)no2)c1OC. The Balaban J connectivity index is 2.61. The Morgan fingerprint density at radius 2 is 2.00 bits per heavy atom. The van der Waals surface area contributed by atoms with Crippen LogP contribution in [0.2, 0.25) is 0 Å². The van der Waals surface area contributed by atoms with E-state index < -0.39 is 5.97 Å². The molecule has 1 N–H and O–H groups in total. The van der Waals surface area contributed by atoms with Crippen molar-refractivity contribution in [1.29, 1.82) is 0 Å². The quantitative estimate of drug-likeness (QED) is 0.833. The van der Waals surface area contributed by atoms with Crippen LogP contribution in [0, 0.1) is 0 Å². The van der Waals surface area contributed by atoms with Crippen LogP contribution in [0.1, 0.15) is 20.8 Å². The van der Waals surface area contributed by atoms with Gasteiger partial charge in [-0.1, -0.05) is 5.16 Å². The molecule has 0 spiro atoms. The van der Waals surface area contributed by atoms with Crippen LogP contribution in [0.25, 0.3) is 11.3 Å². The normalized spacial score (nSPS) is 10.1. The summed E-state index contributed by atoms with van der Waals surface area (Å²) >= 11 is 0. The molecular formula is C13H11NO6. The van der Waals surface area contributed by atoms with Gasteiger partial charge >= 0.3 is 5.97 Å². The number of carbonyl (C=O) groups is 2. The molecule has 1 heterocycles. The van der Waals surface area contributed by atoms with E-state index in [1.807, 2.05) is 0 Å². The lowest BCUT2D eigenvalue weighted by atomic mass is 10.1. The van der Waals surface area contributed by atoms with Gasteiger partial charge in [-0.15, -0.1) is 0 Å². The Bertz CT molecular complexity index is 661. The van der Waals surface area contributed by atoms with Crippen LogP contribution in [-0.2, 0) is 0 Å². The Labute approximate surface area is 113 Å². The molecule has 0 radical (unpaired) electrons. The number of aldehydes is 1. The fourth-order valence-electron chi connectivity index (χ4n) is 1.78. The van der Waals surface area contributed by atoms with Gasteiger partial charge in [0.05, 0.1) is 25.3 Å². The van der Waals surface area contributed by atoms with Crippen molar-refractivity contribution < 1.29 is 28.7 Å². The fraction of sp³-hybridized carbons (Fsp3) is 0.154. The average molecular weight is 277 g/mol. The van der Waals surface area contributed by atoms with Crippen molar-refractivity contribution in [2.45, 2.75) is 0 Å². The number of benzene rings is 1. The zero-order chi connectivity index (χ0) is 14.7. The lowest BCUT2D eigenvalue weighted by Gasteiger charge is -2.12. The van der Waals surface area contributed by atoms with E-state index in [9.17, 15) is 9.59 Å². The molecule has 0 aliphatic heterocycles. The first kappa shape index (κ1) is 13.6. The summed E-state index contributed by atoms with van der Waals surface area (Å²) in [7, 11) is 2.81. The average Bonchev–Trinajstić information content (AvgIpc) is 2.95. The number of hydrogen-bond acceptors (Lipinski definition) is 6. The number of ether oxygens (including phenoxy) is 2. The molecule has 0 bridgehead atoms. The second kappa shape index (κ2) is 5.43. The Morgan fingerprint density at radius 3 is 2.50 bits per heavy atom. The van der Waals surface area contributed by atoms with Gasteiger partial charge in [-0.05, 0) is 12.1 Å². The number of aromatic nitrogens is 1. The molecule has 0 saturated heterocycles. The number of carbonyl (C=O) groups excluding carboxylic acids is 1. The molecule has 2 aromatic rings. The second-order valence-corrected chi connectivity index (χ2v) is 3.77. The molecule has 2 rings (SSSR count). The van der Waals surface area contributed by atoms with Crippen LogP contribution in [0.4, 0.5) is 0 Å². The summed E-state index contributed by atoms with van der Waals surface area (Å²) in [4.78, 5) is 21.7. The third kappa shape index (κ3) is 2.20. The number of methoxy groups -OCH3 is 2. The van der Waals surface area contributed by atoms with E-state index in [1.54, 1.807) is 6.07 Å². The zero-order valence-electron chi connectivity index (χ0n) is 10.7. The van der Waals surface area contributed by atoms with Gasteiger partial charge in [0.2, 0.25) is 0 Å². The lowest BCUT2D eigenvalue weighted by molar-refractivity contribution is 0.0685. The molecular weight excluding hydrogens is 266 g/mol. The van der Waals surface area contributed by atoms with Gasteiger partial charge in [0.25, 0.3) is 0 Å². The summed E-state index contributed by atoms with van der Waals surface area (Å²) in [5.41, 5.74) is 0.529. The topological polar surface area (TPSA) is 98.9 Å². The van der Waals surface area contributed by atoms with Crippen molar-refractivity contribution in [2.75, 3.05) is 14.2 Å². The molecule has 0 atom stereocenters. The monoisotopic (exact) mass is 277 g/mol. The lowest BCUT2D eigenvalue weighted by Crippen LogP contribution is -1.97. The van der Waals surface area contributed by atoms with E-state index >= 15 is 0 Å². The first-order valence-electron chi connectivity index (χ1n) is 5.53. The minimum Gasteiger partial charge on any atom is -0.492 e. The maximum Gasteiger partial charge on any atom is 0.358 e. The van der Waals surface area contributed by atoms with Gasteiger partial charge in [-0.2, -0.15) is 0 Å². The third-order valence-corrected chi connectivity index (χ3v) is 2.67. The molecule has 7 heteroatoms. The van der Waals surface area contributed by atoms with Crippen LogP contribution < -0.4 is 9.47 Å². The Morgan fingerprint density at radius 1 is 1.30 bits per heavy atom. The molecule has 104 valence electrons. The van der Waals surface area contributed by atoms with Gasteiger partial charge in [-0.25, -0.2) is 4.79 Å². The molecule has 7 nitrogen and oxygen atoms in total. The minimum atomic E-state index is -1.20. The molecule has 0 unspecified atom stereocenters. The number of nitrogens with zero attached hydrogens (tertiary/aromatic N) is 1. The summed E-state index contributed by atoms with van der Waals surface area (Å²) in [6.07, 6.45) is 0.633. The van der Waals surface area contributed by atoms with Crippen molar-refractivity contribution in [3.8, 4) is 22.8 Å². The molecule has 0 aliphatic carbocycles. The van der Waals surface area contributed by atoms with Crippen molar-refractivity contribution in [3.05, 3.63) is 29.5 Å². The molecule has 1 aromatic carbocycles. The molecule has 0 fully saturated rings. The highest BCUT2D eigenvalue weighted by molar-refractivity contribution is 5.88.